The molecule has 178 valence electrons. The summed E-state index contributed by atoms with van der Waals surface area (Å²) >= 11 is 0. The van der Waals surface area contributed by atoms with Gasteiger partial charge in [-0.25, -0.2) is 0 Å². The van der Waals surface area contributed by atoms with Gasteiger partial charge in [-0.2, -0.15) is 0 Å². The molecular weight excluding hydrogens is 384 g/mol. The third-order valence-electron chi connectivity index (χ3n) is 11.3. The predicted octanol–water partition coefficient (Wildman–Crippen LogP) is 6.78. The van der Waals surface area contributed by atoms with Crippen LogP contribution in [0.3, 0.4) is 0 Å². The molecule has 10 atom stereocenters. The van der Waals surface area contributed by atoms with Crippen molar-refractivity contribution in [1.82, 2.24) is 0 Å². The fraction of sp³-hybridized carbons (Fsp3) is 0.964. The second-order valence-electron chi connectivity index (χ2n) is 13.0. The highest BCUT2D eigenvalue weighted by molar-refractivity contribution is 5.72. The molecule has 4 rings (SSSR count). The van der Waals surface area contributed by atoms with E-state index in [2.05, 4.69) is 34.6 Å². The average Bonchev–Trinajstić information content (AvgIpc) is 3.04. The zero-order valence-electron chi connectivity index (χ0n) is 20.8. The molecule has 2 N–H and O–H groups in total. The lowest BCUT2D eigenvalue weighted by Gasteiger charge is -2.62. The van der Waals surface area contributed by atoms with Crippen LogP contribution < -0.4 is 0 Å². The van der Waals surface area contributed by atoms with Gasteiger partial charge in [-0.05, 0) is 104 Å². The van der Waals surface area contributed by atoms with Gasteiger partial charge in [0.1, 0.15) is 0 Å². The summed E-state index contributed by atoms with van der Waals surface area (Å²) in [6, 6.07) is 0. The van der Waals surface area contributed by atoms with Crippen molar-refractivity contribution < 1.29 is 15.0 Å². The summed E-state index contributed by atoms with van der Waals surface area (Å²) in [6.45, 7) is 12.0. The van der Waals surface area contributed by atoms with E-state index in [0.29, 0.717) is 29.6 Å². The first-order chi connectivity index (χ1) is 14.6. The van der Waals surface area contributed by atoms with Gasteiger partial charge in [0, 0.05) is 0 Å². The Morgan fingerprint density at radius 3 is 2.32 bits per heavy atom. The third kappa shape index (κ3) is 3.79. The first kappa shape index (κ1) is 23.6. The molecular formula is C28H48O3. The van der Waals surface area contributed by atoms with E-state index < -0.39 is 18.0 Å². The van der Waals surface area contributed by atoms with Crippen molar-refractivity contribution in [3.63, 3.8) is 0 Å². The lowest BCUT2D eigenvalue weighted by Crippen LogP contribution is -2.60. The predicted molar refractivity (Wildman–Crippen MR) is 126 cm³/mol. The van der Waals surface area contributed by atoms with Crippen LogP contribution >= 0.6 is 0 Å². The average molecular weight is 433 g/mol. The monoisotopic (exact) mass is 432 g/mol. The highest BCUT2D eigenvalue weighted by atomic mass is 16.4. The SMILES string of the molecule is CC(C)CCC[C@@H](C)[C@H]1CC[C@H]2[C@@H]3CCC4CCC(O)C(C(=O)O)[C@]4(C)[C@H]3CC[C@]12C. The van der Waals surface area contributed by atoms with Crippen molar-refractivity contribution in [3.05, 3.63) is 0 Å². The minimum atomic E-state index is -0.753. The smallest absolute Gasteiger partial charge is 0.309 e. The molecule has 3 nitrogen and oxygen atoms in total. The third-order valence-corrected chi connectivity index (χ3v) is 11.3. The minimum absolute atomic E-state index is 0.227. The molecule has 4 aliphatic rings. The molecule has 3 heteroatoms. The summed E-state index contributed by atoms with van der Waals surface area (Å²) in [5.74, 6) is 3.51. The van der Waals surface area contributed by atoms with Crippen LogP contribution in [-0.4, -0.2) is 22.3 Å². The number of hydrogen-bond donors (Lipinski definition) is 2. The molecule has 0 radical (unpaired) electrons. The van der Waals surface area contributed by atoms with Gasteiger partial charge in [-0.1, -0.05) is 53.9 Å². The number of aliphatic hydroxyl groups is 1. The first-order valence-corrected chi connectivity index (χ1v) is 13.5. The Hall–Kier alpha value is -0.570. The summed E-state index contributed by atoms with van der Waals surface area (Å²) in [5.41, 5.74) is 0.211. The fourth-order valence-electron chi connectivity index (χ4n) is 9.82. The van der Waals surface area contributed by atoms with E-state index >= 15 is 0 Å². The van der Waals surface area contributed by atoms with Crippen molar-refractivity contribution in [1.29, 1.82) is 0 Å². The van der Waals surface area contributed by atoms with Crippen LogP contribution in [0, 0.1) is 58.2 Å². The lowest BCUT2D eigenvalue weighted by atomic mass is 9.42. The number of rotatable bonds is 6. The van der Waals surface area contributed by atoms with Gasteiger partial charge >= 0.3 is 5.97 Å². The van der Waals surface area contributed by atoms with E-state index in [4.69, 9.17) is 0 Å². The number of fused-ring (bicyclic) bond motifs is 5. The molecule has 4 aliphatic carbocycles. The maximum absolute atomic E-state index is 12.3. The van der Waals surface area contributed by atoms with Crippen molar-refractivity contribution in [2.75, 3.05) is 0 Å². The normalized spacial score (nSPS) is 48.0. The number of hydrogen-bond acceptors (Lipinski definition) is 2. The van der Waals surface area contributed by atoms with Gasteiger partial charge in [0.25, 0.3) is 0 Å². The van der Waals surface area contributed by atoms with E-state index in [1.165, 1.54) is 57.8 Å². The van der Waals surface area contributed by atoms with Crippen molar-refractivity contribution in [2.24, 2.45) is 58.2 Å². The number of aliphatic carboxylic acids is 1. The van der Waals surface area contributed by atoms with Crippen LogP contribution in [0.15, 0.2) is 0 Å². The maximum Gasteiger partial charge on any atom is 0.309 e. The van der Waals surface area contributed by atoms with Crippen LogP contribution in [-0.2, 0) is 4.79 Å². The number of carboxylic acids is 1. The largest absolute Gasteiger partial charge is 0.481 e. The summed E-state index contributed by atoms with van der Waals surface area (Å²) < 4.78 is 0. The summed E-state index contributed by atoms with van der Waals surface area (Å²) in [4.78, 5) is 12.3. The molecule has 0 aliphatic heterocycles. The second-order valence-corrected chi connectivity index (χ2v) is 13.0. The molecule has 0 aromatic carbocycles. The molecule has 0 bridgehead atoms. The molecule has 4 fully saturated rings. The Bertz CT molecular complexity index is 659. The fourth-order valence-corrected chi connectivity index (χ4v) is 9.82. The molecule has 0 aromatic heterocycles. The Balaban J connectivity index is 1.54. The van der Waals surface area contributed by atoms with Gasteiger partial charge in [-0.3, -0.25) is 4.79 Å². The van der Waals surface area contributed by atoms with Gasteiger partial charge in [0.15, 0.2) is 0 Å². The summed E-state index contributed by atoms with van der Waals surface area (Å²) in [6.07, 6.45) is 12.7. The maximum atomic E-state index is 12.3. The quantitative estimate of drug-likeness (QED) is 0.486. The molecule has 0 amide bonds. The van der Waals surface area contributed by atoms with Crippen LogP contribution in [0.5, 0.6) is 0 Å². The zero-order chi connectivity index (χ0) is 22.6. The molecule has 0 aromatic rings. The molecule has 3 unspecified atom stereocenters. The molecule has 0 saturated heterocycles. The lowest BCUT2D eigenvalue weighted by molar-refractivity contribution is -0.189. The molecule has 0 heterocycles. The second kappa shape index (κ2) is 8.65. The standard InChI is InChI=1S/C28H48O3/c1-17(2)7-6-8-18(3)21-12-13-22-20-11-9-19-10-14-24(29)25(26(30)31)28(19,5)23(20)15-16-27(21,22)4/h17-25,29H,6-16H2,1-5H3,(H,30,31)/t18-,19?,20+,21-,22+,23+,24?,25?,27-,28+/m1/s1. The summed E-state index contributed by atoms with van der Waals surface area (Å²) in [5, 5.41) is 20.8. The zero-order valence-corrected chi connectivity index (χ0v) is 20.8. The van der Waals surface area contributed by atoms with E-state index in [0.717, 1.165) is 30.1 Å². The van der Waals surface area contributed by atoms with Crippen LogP contribution in [0.25, 0.3) is 0 Å². The van der Waals surface area contributed by atoms with Gasteiger partial charge < -0.3 is 10.2 Å². The first-order valence-electron chi connectivity index (χ1n) is 13.5. The van der Waals surface area contributed by atoms with Gasteiger partial charge in [0.05, 0.1) is 12.0 Å². The van der Waals surface area contributed by atoms with Gasteiger partial charge in [-0.15, -0.1) is 0 Å². The number of aliphatic hydroxyl groups excluding tert-OH is 1. The van der Waals surface area contributed by atoms with E-state index in [1.54, 1.807) is 0 Å². The Kier molecular flexibility index (Phi) is 6.58. The Morgan fingerprint density at radius 2 is 1.65 bits per heavy atom. The minimum Gasteiger partial charge on any atom is -0.481 e. The van der Waals surface area contributed by atoms with Crippen molar-refractivity contribution in [2.45, 2.75) is 111 Å². The number of carbonyl (C=O) groups is 1. The Labute approximate surface area is 190 Å². The van der Waals surface area contributed by atoms with E-state index in [1.807, 2.05) is 0 Å². The Morgan fingerprint density at radius 1 is 0.935 bits per heavy atom. The summed E-state index contributed by atoms with van der Waals surface area (Å²) in [7, 11) is 0. The molecule has 31 heavy (non-hydrogen) atoms. The van der Waals surface area contributed by atoms with E-state index in [9.17, 15) is 15.0 Å². The van der Waals surface area contributed by atoms with Gasteiger partial charge in [0.2, 0.25) is 0 Å². The highest BCUT2D eigenvalue weighted by Gasteiger charge is 2.64. The van der Waals surface area contributed by atoms with Crippen molar-refractivity contribution >= 4 is 5.97 Å². The molecule has 4 saturated carbocycles. The van der Waals surface area contributed by atoms with Crippen LogP contribution in [0.1, 0.15) is 105 Å². The van der Waals surface area contributed by atoms with Crippen molar-refractivity contribution in [3.8, 4) is 0 Å². The molecule has 0 spiro atoms. The van der Waals surface area contributed by atoms with E-state index in [-0.39, 0.29) is 5.41 Å². The number of carboxylic acid groups (broad SMARTS) is 1. The van der Waals surface area contributed by atoms with Crippen LogP contribution in [0.4, 0.5) is 0 Å². The van der Waals surface area contributed by atoms with Crippen LogP contribution in [0.2, 0.25) is 0 Å². The highest BCUT2D eigenvalue weighted by Crippen LogP contribution is 2.69. The topological polar surface area (TPSA) is 57.5 Å².